The first-order valence-electron chi connectivity index (χ1n) is 6.02. The molecule has 5 heteroatoms. The Bertz CT molecular complexity index is 387. The standard InChI is InChI=1S/C12H18N2O3/c1-7(13)11(15)14-9-5-3-2-4-8(9)6-10(14)12(16)17/h7,10H,2-6,13H2,1H3,(H,16,17)/p-1/t7-,10-/m0/s1. The quantitative estimate of drug-likeness (QED) is 0.702. The third-order valence-electron chi connectivity index (χ3n) is 3.49. The summed E-state index contributed by atoms with van der Waals surface area (Å²) in [5.41, 5.74) is 7.55. The third kappa shape index (κ3) is 2.07. The summed E-state index contributed by atoms with van der Waals surface area (Å²) in [4.78, 5) is 24.5. The third-order valence-corrected chi connectivity index (χ3v) is 3.49. The molecule has 0 aromatic rings. The van der Waals surface area contributed by atoms with Crippen LogP contribution in [0.5, 0.6) is 0 Å². The Hall–Kier alpha value is -1.36. The summed E-state index contributed by atoms with van der Waals surface area (Å²) >= 11 is 0. The molecule has 1 amide bonds. The van der Waals surface area contributed by atoms with Crippen molar-refractivity contribution < 1.29 is 14.7 Å². The highest BCUT2D eigenvalue weighted by Gasteiger charge is 2.38. The second-order valence-electron chi connectivity index (χ2n) is 4.79. The molecular weight excluding hydrogens is 220 g/mol. The number of nitrogens with zero attached hydrogens (tertiary/aromatic N) is 1. The van der Waals surface area contributed by atoms with E-state index in [9.17, 15) is 14.7 Å². The molecule has 1 heterocycles. The fourth-order valence-corrected chi connectivity index (χ4v) is 2.67. The van der Waals surface area contributed by atoms with E-state index in [2.05, 4.69) is 0 Å². The van der Waals surface area contributed by atoms with E-state index in [-0.39, 0.29) is 5.91 Å². The monoisotopic (exact) mass is 237 g/mol. The maximum absolute atomic E-state index is 12.0. The van der Waals surface area contributed by atoms with Crippen molar-refractivity contribution in [2.45, 2.75) is 51.1 Å². The Balaban J connectivity index is 2.31. The Morgan fingerprint density at radius 3 is 2.65 bits per heavy atom. The highest BCUT2D eigenvalue weighted by atomic mass is 16.4. The minimum atomic E-state index is -1.19. The average molecular weight is 237 g/mol. The minimum absolute atomic E-state index is 0.314. The molecule has 2 atom stereocenters. The van der Waals surface area contributed by atoms with Crippen LogP contribution in [0.3, 0.4) is 0 Å². The average Bonchev–Trinajstić information content (AvgIpc) is 2.67. The lowest BCUT2D eigenvalue weighted by Crippen LogP contribution is -2.51. The van der Waals surface area contributed by atoms with E-state index in [1.807, 2.05) is 0 Å². The Labute approximate surface area is 100 Å². The molecule has 5 nitrogen and oxygen atoms in total. The fraction of sp³-hybridized carbons (Fsp3) is 0.667. The van der Waals surface area contributed by atoms with Gasteiger partial charge in [0, 0.05) is 5.70 Å². The number of hydrogen-bond acceptors (Lipinski definition) is 4. The lowest BCUT2D eigenvalue weighted by molar-refractivity contribution is -0.310. The molecular formula is C12H17N2O3-. The molecule has 0 radical (unpaired) electrons. The Morgan fingerprint density at radius 2 is 2.06 bits per heavy atom. The van der Waals surface area contributed by atoms with Crippen LogP contribution in [0.2, 0.25) is 0 Å². The van der Waals surface area contributed by atoms with Crippen molar-refractivity contribution in [2.24, 2.45) is 5.73 Å². The van der Waals surface area contributed by atoms with E-state index in [4.69, 9.17) is 5.73 Å². The first kappa shape index (κ1) is 12.1. The zero-order valence-corrected chi connectivity index (χ0v) is 9.94. The molecule has 0 spiro atoms. The zero-order chi connectivity index (χ0) is 12.6. The Morgan fingerprint density at radius 1 is 1.41 bits per heavy atom. The van der Waals surface area contributed by atoms with Gasteiger partial charge in [0.05, 0.1) is 18.1 Å². The van der Waals surface area contributed by atoms with E-state index in [0.717, 1.165) is 37.0 Å². The maximum atomic E-state index is 12.0. The van der Waals surface area contributed by atoms with Crippen LogP contribution in [0, 0.1) is 0 Å². The van der Waals surface area contributed by atoms with Crippen molar-refractivity contribution in [2.75, 3.05) is 0 Å². The maximum Gasteiger partial charge on any atom is 0.243 e. The predicted molar refractivity (Wildman–Crippen MR) is 59.4 cm³/mol. The van der Waals surface area contributed by atoms with Crippen LogP contribution in [-0.4, -0.2) is 28.9 Å². The van der Waals surface area contributed by atoms with Gasteiger partial charge in [-0.05, 0) is 44.6 Å². The van der Waals surface area contributed by atoms with Crippen molar-refractivity contribution >= 4 is 11.9 Å². The molecule has 0 aromatic heterocycles. The molecule has 1 aliphatic heterocycles. The molecule has 0 bridgehead atoms. The number of nitrogens with two attached hydrogens (primary N) is 1. The summed E-state index contributed by atoms with van der Waals surface area (Å²) in [5.74, 6) is -1.50. The molecule has 2 aliphatic rings. The normalized spacial score (nSPS) is 25.8. The highest BCUT2D eigenvalue weighted by Crippen LogP contribution is 2.38. The summed E-state index contributed by atoms with van der Waals surface area (Å²) in [7, 11) is 0. The van der Waals surface area contributed by atoms with Crippen molar-refractivity contribution in [3.63, 3.8) is 0 Å². The number of rotatable bonds is 2. The largest absolute Gasteiger partial charge is 0.548 e. The van der Waals surface area contributed by atoms with Crippen LogP contribution in [0.1, 0.15) is 39.0 Å². The van der Waals surface area contributed by atoms with Crippen molar-refractivity contribution in [1.82, 2.24) is 4.90 Å². The number of hydrogen-bond donors (Lipinski definition) is 1. The molecule has 0 aromatic carbocycles. The minimum Gasteiger partial charge on any atom is -0.548 e. The highest BCUT2D eigenvalue weighted by molar-refractivity contribution is 5.89. The number of carbonyl (C=O) groups excluding carboxylic acids is 2. The molecule has 0 unspecified atom stereocenters. The van der Waals surface area contributed by atoms with Crippen LogP contribution in [0.25, 0.3) is 0 Å². The topological polar surface area (TPSA) is 86.5 Å². The van der Waals surface area contributed by atoms with Crippen LogP contribution in [0.15, 0.2) is 11.3 Å². The molecule has 0 fully saturated rings. The number of aliphatic carboxylic acids is 1. The van der Waals surface area contributed by atoms with Gasteiger partial charge in [0.2, 0.25) is 5.91 Å². The molecule has 94 valence electrons. The van der Waals surface area contributed by atoms with Gasteiger partial charge < -0.3 is 20.5 Å². The first-order chi connectivity index (χ1) is 8.02. The Kier molecular flexibility index (Phi) is 3.19. The van der Waals surface area contributed by atoms with Gasteiger partial charge >= 0.3 is 0 Å². The van der Waals surface area contributed by atoms with Crippen LogP contribution in [-0.2, 0) is 9.59 Å². The summed E-state index contributed by atoms with van der Waals surface area (Å²) in [5, 5.41) is 11.1. The number of carboxylic acids is 1. The number of carbonyl (C=O) groups is 2. The van der Waals surface area contributed by atoms with Crippen LogP contribution in [0.4, 0.5) is 0 Å². The van der Waals surface area contributed by atoms with E-state index >= 15 is 0 Å². The summed E-state index contributed by atoms with van der Waals surface area (Å²) < 4.78 is 0. The summed E-state index contributed by atoms with van der Waals surface area (Å²) in [6.45, 7) is 1.58. The number of carboxylic acid groups (broad SMARTS) is 1. The van der Waals surface area contributed by atoms with Gasteiger partial charge in [-0.25, -0.2) is 0 Å². The summed E-state index contributed by atoms with van der Waals surface area (Å²) in [6.07, 6.45) is 4.15. The van der Waals surface area contributed by atoms with Gasteiger partial charge in [-0.2, -0.15) is 0 Å². The van der Waals surface area contributed by atoms with Gasteiger partial charge in [-0.15, -0.1) is 0 Å². The van der Waals surface area contributed by atoms with Gasteiger partial charge in [0.25, 0.3) is 0 Å². The smallest absolute Gasteiger partial charge is 0.243 e. The molecule has 17 heavy (non-hydrogen) atoms. The van der Waals surface area contributed by atoms with Crippen molar-refractivity contribution in [3.8, 4) is 0 Å². The van der Waals surface area contributed by atoms with Crippen LogP contribution >= 0.6 is 0 Å². The SMILES string of the molecule is C[C@H](N)C(=O)N1C2=C(CCCC2)C[C@H]1C(=O)[O-]. The number of amides is 1. The molecule has 0 saturated heterocycles. The lowest BCUT2D eigenvalue weighted by Gasteiger charge is -2.30. The van der Waals surface area contributed by atoms with Crippen molar-refractivity contribution in [1.29, 1.82) is 0 Å². The lowest BCUT2D eigenvalue weighted by atomic mass is 9.96. The predicted octanol–water partition coefficient (Wildman–Crippen LogP) is -0.487. The van der Waals surface area contributed by atoms with E-state index < -0.39 is 18.1 Å². The van der Waals surface area contributed by atoms with Gasteiger partial charge in [0.1, 0.15) is 0 Å². The van der Waals surface area contributed by atoms with Gasteiger partial charge in [-0.1, -0.05) is 0 Å². The number of allylic oxidation sites excluding steroid dienone is 1. The second kappa shape index (κ2) is 4.49. The van der Waals surface area contributed by atoms with E-state index in [1.54, 1.807) is 6.92 Å². The summed E-state index contributed by atoms with van der Waals surface area (Å²) in [6, 6.07) is -1.53. The molecule has 2 N–H and O–H groups in total. The molecule has 0 saturated carbocycles. The second-order valence-corrected chi connectivity index (χ2v) is 4.79. The zero-order valence-electron chi connectivity index (χ0n) is 9.94. The van der Waals surface area contributed by atoms with E-state index in [1.165, 1.54) is 4.90 Å². The van der Waals surface area contributed by atoms with E-state index in [0.29, 0.717) is 6.42 Å². The first-order valence-corrected chi connectivity index (χ1v) is 6.02. The van der Waals surface area contributed by atoms with Gasteiger partial charge in [0.15, 0.2) is 0 Å². The molecule has 2 rings (SSSR count). The van der Waals surface area contributed by atoms with Crippen LogP contribution < -0.4 is 10.8 Å². The molecule has 1 aliphatic carbocycles. The fourth-order valence-electron chi connectivity index (χ4n) is 2.67. The van der Waals surface area contributed by atoms with Crippen molar-refractivity contribution in [3.05, 3.63) is 11.3 Å². The van der Waals surface area contributed by atoms with Gasteiger partial charge in [-0.3, -0.25) is 4.79 Å².